The van der Waals surface area contributed by atoms with Gasteiger partial charge in [0.1, 0.15) is 5.37 Å². The molecule has 2 aromatic carbocycles. The summed E-state index contributed by atoms with van der Waals surface area (Å²) < 4.78 is 41.6. The van der Waals surface area contributed by atoms with Gasteiger partial charge in [-0.1, -0.05) is 42.0 Å². The van der Waals surface area contributed by atoms with Crippen molar-refractivity contribution in [2.24, 2.45) is 0 Å². The third kappa shape index (κ3) is 4.43. The first kappa shape index (κ1) is 18.4. The Morgan fingerprint density at radius 1 is 1.19 bits per heavy atom. The van der Waals surface area contributed by atoms with Crippen LogP contribution in [0.4, 0.5) is 23.7 Å². The molecule has 0 bridgehead atoms. The first-order valence-electron chi connectivity index (χ1n) is 7.94. The number of urea groups is 1. The maximum absolute atomic E-state index is 12.6. The zero-order chi connectivity index (χ0) is 18.7. The van der Waals surface area contributed by atoms with Crippen LogP contribution >= 0.6 is 11.8 Å². The Kier molecular flexibility index (Phi) is 5.31. The van der Waals surface area contributed by atoms with E-state index in [0.717, 1.165) is 16.9 Å². The summed E-state index contributed by atoms with van der Waals surface area (Å²) in [6, 6.07) is 12.9. The van der Waals surface area contributed by atoms with Crippen LogP contribution in [0, 0.1) is 6.92 Å². The average Bonchev–Trinajstić information content (AvgIpc) is 3.06. The quantitative estimate of drug-likeness (QED) is 0.796. The molecule has 1 saturated heterocycles. The Morgan fingerprint density at radius 3 is 2.58 bits per heavy atom. The number of anilines is 1. The van der Waals surface area contributed by atoms with E-state index in [4.69, 9.17) is 0 Å². The smallest absolute Gasteiger partial charge is 0.404 e. The van der Waals surface area contributed by atoms with Gasteiger partial charge in [-0.3, -0.25) is 0 Å². The lowest BCUT2D eigenvalue weighted by Crippen LogP contribution is -2.34. The summed E-state index contributed by atoms with van der Waals surface area (Å²) in [6.45, 7) is 2.49. The van der Waals surface area contributed by atoms with E-state index in [1.165, 1.54) is 24.3 Å². The van der Waals surface area contributed by atoms with E-state index in [0.29, 0.717) is 6.54 Å². The summed E-state index contributed by atoms with van der Waals surface area (Å²) in [5.41, 5.74) is 2.08. The van der Waals surface area contributed by atoms with Crippen molar-refractivity contribution < 1.29 is 22.7 Å². The van der Waals surface area contributed by atoms with Crippen LogP contribution in [-0.2, 0) is 0 Å². The van der Waals surface area contributed by atoms with Crippen molar-refractivity contribution in [1.29, 1.82) is 0 Å². The number of thioether (sulfide) groups is 1. The molecule has 0 aliphatic carbocycles. The highest BCUT2D eigenvalue weighted by Crippen LogP contribution is 2.39. The number of amides is 2. The molecule has 3 rings (SSSR count). The van der Waals surface area contributed by atoms with Crippen molar-refractivity contribution >= 4 is 23.5 Å². The van der Waals surface area contributed by atoms with Gasteiger partial charge in [-0.25, -0.2) is 4.79 Å². The molecule has 4 nitrogen and oxygen atoms in total. The third-order valence-corrected chi connectivity index (χ3v) is 5.13. The highest BCUT2D eigenvalue weighted by molar-refractivity contribution is 7.99. The van der Waals surface area contributed by atoms with Gasteiger partial charge in [0, 0.05) is 12.3 Å². The van der Waals surface area contributed by atoms with Crippen LogP contribution in [0.2, 0.25) is 0 Å². The van der Waals surface area contributed by atoms with Gasteiger partial charge in [0.2, 0.25) is 0 Å². The summed E-state index contributed by atoms with van der Waals surface area (Å²) in [5, 5.41) is 2.36. The lowest BCUT2D eigenvalue weighted by Gasteiger charge is -2.25. The van der Waals surface area contributed by atoms with Crippen LogP contribution in [0.1, 0.15) is 16.5 Å². The molecule has 0 aromatic heterocycles. The van der Waals surface area contributed by atoms with Gasteiger partial charge in [-0.2, -0.15) is 0 Å². The molecule has 1 aliphatic heterocycles. The maximum Gasteiger partial charge on any atom is 0.573 e. The SMILES string of the molecule is Cc1ccc(C2SCCN2C(=O)Nc2ccccc2OC(F)(F)F)cc1. The lowest BCUT2D eigenvalue weighted by atomic mass is 10.1. The minimum atomic E-state index is -4.82. The number of nitrogens with zero attached hydrogens (tertiary/aromatic N) is 1. The predicted molar refractivity (Wildman–Crippen MR) is 95.2 cm³/mol. The average molecular weight is 382 g/mol. The first-order chi connectivity index (χ1) is 12.3. The molecule has 138 valence electrons. The predicted octanol–water partition coefficient (Wildman–Crippen LogP) is 5.17. The molecule has 1 unspecified atom stereocenters. The highest BCUT2D eigenvalue weighted by atomic mass is 32.2. The minimum Gasteiger partial charge on any atom is -0.404 e. The van der Waals surface area contributed by atoms with E-state index in [1.54, 1.807) is 16.7 Å². The van der Waals surface area contributed by atoms with Gasteiger partial charge in [0.05, 0.1) is 5.69 Å². The van der Waals surface area contributed by atoms with E-state index in [2.05, 4.69) is 10.1 Å². The van der Waals surface area contributed by atoms with E-state index in [9.17, 15) is 18.0 Å². The molecule has 1 heterocycles. The van der Waals surface area contributed by atoms with Crippen LogP contribution in [0.5, 0.6) is 5.75 Å². The second kappa shape index (κ2) is 7.49. The number of halogens is 3. The molecule has 2 amide bonds. The van der Waals surface area contributed by atoms with E-state index in [-0.39, 0.29) is 11.1 Å². The topological polar surface area (TPSA) is 41.6 Å². The Bertz CT molecular complexity index is 781. The lowest BCUT2D eigenvalue weighted by molar-refractivity contribution is -0.274. The molecule has 0 saturated carbocycles. The number of hydrogen-bond donors (Lipinski definition) is 1. The number of benzene rings is 2. The fourth-order valence-electron chi connectivity index (χ4n) is 2.66. The zero-order valence-electron chi connectivity index (χ0n) is 13.9. The van der Waals surface area contributed by atoms with Crippen molar-refractivity contribution in [2.45, 2.75) is 18.7 Å². The van der Waals surface area contributed by atoms with E-state index >= 15 is 0 Å². The molecule has 8 heteroatoms. The Balaban J connectivity index is 1.76. The molecule has 1 aliphatic rings. The van der Waals surface area contributed by atoms with Crippen LogP contribution in [-0.4, -0.2) is 29.6 Å². The number of carbonyl (C=O) groups excluding carboxylic acids is 1. The van der Waals surface area contributed by atoms with Gasteiger partial charge in [0.25, 0.3) is 0 Å². The van der Waals surface area contributed by atoms with Crippen molar-refractivity contribution in [3.8, 4) is 5.75 Å². The molecular weight excluding hydrogens is 365 g/mol. The van der Waals surface area contributed by atoms with Crippen LogP contribution in [0.15, 0.2) is 48.5 Å². The summed E-state index contributed by atoms with van der Waals surface area (Å²) in [7, 11) is 0. The van der Waals surface area contributed by atoms with Gasteiger partial charge < -0.3 is 15.0 Å². The number of para-hydroxylation sites is 2. The van der Waals surface area contributed by atoms with E-state index in [1.807, 2.05) is 31.2 Å². The fraction of sp³-hybridized carbons (Fsp3) is 0.278. The Morgan fingerprint density at radius 2 is 1.88 bits per heavy atom. The standard InChI is InChI=1S/C18H17F3N2O2S/c1-12-6-8-13(9-7-12)16-23(10-11-26-16)17(24)22-14-4-2-3-5-15(14)25-18(19,20)21/h2-9,16H,10-11H2,1H3,(H,22,24). The third-order valence-electron chi connectivity index (χ3n) is 3.87. The summed E-state index contributed by atoms with van der Waals surface area (Å²) in [5.74, 6) is 0.319. The summed E-state index contributed by atoms with van der Waals surface area (Å²) in [6.07, 6.45) is -4.82. The zero-order valence-corrected chi connectivity index (χ0v) is 14.7. The monoisotopic (exact) mass is 382 g/mol. The molecule has 26 heavy (non-hydrogen) atoms. The molecule has 1 atom stereocenters. The van der Waals surface area contributed by atoms with Crippen LogP contribution in [0.3, 0.4) is 0 Å². The molecule has 0 spiro atoms. The molecule has 2 aromatic rings. The summed E-state index contributed by atoms with van der Waals surface area (Å²) in [4.78, 5) is 14.3. The van der Waals surface area contributed by atoms with Crippen molar-refractivity contribution in [3.05, 3.63) is 59.7 Å². The summed E-state index contributed by atoms with van der Waals surface area (Å²) >= 11 is 1.62. The van der Waals surface area contributed by atoms with Gasteiger partial charge in [-0.05, 0) is 24.6 Å². The number of aryl methyl sites for hydroxylation is 1. The van der Waals surface area contributed by atoms with Crippen molar-refractivity contribution in [2.75, 3.05) is 17.6 Å². The molecule has 0 radical (unpaired) electrons. The molecule has 1 N–H and O–H groups in total. The number of hydrogen-bond acceptors (Lipinski definition) is 3. The van der Waals surface area contributed by atoms with E-state index < -0.39 is 18.1 Å². The molecule has 1 fully saturated rings. The van der Waals surface area contributed by atoms with Crippen LogP contribution < -0.4 is 10.1 Å². The maximum atomic E-state index is 12.6. The number of nitrogens with one attached hydrogen (secondary N) is 1. The highest BCUT2D eigenvalue weighted by Gasteiger charge is 2.34. The normalized spacial score (nSPS) is 17.2. The van der Waals surface area contributed by atoms with Gasteiger partial charge in [0.15, 0.2) is 5.75 Å². The fourth-order valence-corrected chi connectivity index (χ4v) is 3.91. The number of carbonyl (C=O) groups is 1. The number of alkyl halides is 3. The number of rotatable bonds is 3. The molecular formula is C18H17F3N2O2S. The van der Waals surface area contributed by atoms with Crippen molar-refractivity contribution in [1.82, 2.24) is 4.90 Å². The second-order valence-electron chi connectivity index (χ2n) is 5.80. The van der Waals surface area contributed by atoms with Crippen LogP contribution in [0.25, 0.3) is 0 Å². The Labute approximate surface area is 153 Å². The largest absolute Gasteiger partial charge is 0.573 e. The Hall–Kier alpha value is -2.35. The number of ether oxygens (including phenoxy) is 1. The second-order valence-corrected chi connectivity index (χ2v) is 6.99. The van der Waals surface area contributed by atoms with Gasteiger partial charge in [-0.15, -0.1) is 24.9 Å². The van der Waals surface area contributed by atoms with Crippen molar-refractivity contribution in [3.63, 3.8) is 0 Å². The first-order valence-corrected chi connectivity index (χ1v) is 8.99. The minimum absolute atomic E-state index is 0.0191. The van der Waals surface area contributed by atoms with Gasteiger partial charge >= 0.3 is 12.4 Å².